The van der Waals surface area contributed by atoms with E-state index in [1.807, 2.05) is 36.4 Å². The molecule has 2 rings (SSSR count). The van der Waals surface area contributed by atoms with Crippen LogP contribution < -0.4 is 11.1 Å². The molecule has 1 unspecified atom stereocenters. The first-order valence-corrected chi connectivity index (χ1v) is 7.73. The minimum Gasteiger partial charge on any atom is -0.377 e. The van der Waals surface area contributed by atoms with E-state index in [2.05, 4.69) is 43.2 Å². The van der Waals surface area contributed by atoms with Crippen LogP contribution in [0.5, 0.6) is 0 Å². The number of anilines is 1. The van der Waals surface area contributed by atoms with E-state index in [0.717, 1.165) is 20.2 Å². The first kappa shape index (κ1) is 14.9. The molecule has 3 N–H and O–H groups in total. The maximum Gasteiger partial charge on any atom is 0.0636 e. The van der Waals surface area contributed by atoms with Crippen molar-refractivity contribution >= 4 is 49.1 Å². The van der Waals surface area contributed by atoms with Gasteiger partial charge in [-0.05, 0) is 67.8 Å². The molecule has 0 saturated heterocycles. The van der Waals surface area contributed by atoms with Gasteiger partial charge in [0.2, 0.25) is 0 Å². The number of benzene rings is 2. The van der Waals surface area contributed by atoms with Crippen LogP contribution in [-0.4, -0.2) is 6.54 Å². The Morgan fingerprint density at radius 2 is 1.89 bits per heavy atom. The molecule has 2 aromatic carbocycles. The highest BCUT2D eigenvalue weighted by Gasteiger charge is 2.11. The standard InChI is InChI=1S/C14H13Br2ClN2/c15-12-5-4-9(6-13(12)16)14(8-18)19-11-3-1-2-10(17)7-11/h1-7,14,19H,8,18H2. The van der Waals surface area contributed by atoms with E-state index in [9.17, 15) is 0 Å². The molecule has 0 spiro atoms. The van der Waals surface area contributed by atoms with Crippen molar-refractivity contribution in [3.8, 4) is 0 Å². The van der Waals surface area contributed by atoms with Crippen LogP contribution in [0.3, 0.4) is 0 Å². The monoisotopic (exact) mass is 402 g/mol. The van der Waals surface area contributed by atoms with Gasteiger partial charge in [0.05, 0.1) is 6.04 Å². The van der Waals surface area contributed by atoms with Gasteiger partial charge in [-0.25, -0.2) is 0 Å². The summed E-state index contributed by atoms with van der Waals surface area (Å²) in [4.78, 5) is 0. The first-order valence-electron chi connectivity index (χ1n) is 5.77. The predicted octanol–water partition coefficient (Wildman–Crippen LogP) is 4.98. The number of hydrogen-bond donors (Lipinski definition) is 2. The summed E-state index contributed by atoms with van der Waals surface area (Å²) in [5, 5.41) is 4.09. The van der Waals surface area contributed by atoms with Gasteiger partial charge >= 0.3 is 0 Å². The van der Waals surface area contributed by atoms with Gasteiger partial charge in [0.15, 0.2) is 0 Å². The van der Waals surface area contributed by atoms with Crippen molar-refractivity contribution in [1.29, 1.82) is 0 Å². The molecule has 100 valence electrons. The van der Waals surface area contributed by atoms with Crippen LogP contribution in [0.15, 0.2) is 51.4 Å². The Balaban J connectivity index is 2.22. The summed E-state index contributed by atoms with van der Waals surface area (Å²) >= 11 is 12.9. The van der Waals surface area contributed by atoms with Crippen molar-refractivity contribution in [3.63, 3.8) is 0 Å². The number of rotatable bonds is 4. The van der Waals surface area contributed by atoms with Crippen LogP contribution in [0.2, 0.25) is 5.02 Å². The SMILES string of the molecule is NCC(Nc1cccc(Cl)c1)c1ccc(Br)c(Br)c1. The Kier molecular flexibility index (Phi) is 5.28. The lowest BCUT2D eigenvalue weighted by Crippen LogP contribution is -2.20. The van der Waals surface area contributed by atoms with Crippen LogP contribution >= 0.6 is 43.5 Å². The minimum absolute atomic E-state index is 0.0443. The Hall–Kier alpha value is -0.550. The van der Waals surface area contributed by atoms with Crippen LogP contribution in [0.1, 0.15) is 11.6 Å². The molecule has 0 bridgehead atoms. The van der Waals surface area contributed by atoms with Gasteiger partial charge in [-0.1, -0.05) is 23.7 Å². The molecule has 0 aromatic heterocycles. The second-order valence-corrected chi connectivity index (χ2v) is 6.26. The van der Waals surface area contributed by atoms with Gasteiger partial charge < -0.3 is 11.1 Å². The van der Waals surface area contributed by atoms with Crippen LogP contribution in [0, 0.1) is 0 Å². The van der Waals surface area contributed by atoms with E-state index in [0.29, 0.717) is 11.6 Å². The lowest BCUT2D eigenvalue weighted by molar-refractivity contribution is 0.789. The molecular weight excluding hydrogens is 391 g/mol. The maximum absolute atomic E-state index is 5.98. The van der Waals surface area contributed by atoms with Crippen molar-refractivity contribution in [2.45, 2.75) is 6.04 Å². The summed E-state index contributed by atoms with van der Waals surface area (Å²) in [5.41, 5.74) is 7.94. The minimum atomic E-state index is 0.0443. The van der Waals surface area contributed by atoms with E-state index in [4.69, 9.17) is 17.3 Å². The Morgan fingerprint density at radius 3 is 2.53 bits per heavy atom. The normalized spacial score (nSPS) is 12.2. The molecule has 2 nitrogen and oxygen atoms in total. The van der Waals surface area contributed by atoms with Crippen molar-refractivity contribution in [2.75, 3.05) is 11.9 Å². The lowest BCUT2D eigenvalue weighted by atomic mass is 10.1. The zero-order valence-electron chi connectivity index (χ0n) is 10.0. The summed E-state index contributed by atoms with van der Waals surface area (Å²) in [6.07, 6.45) is 0. The fraction of sp³-hybridized carbons (Fsp3) is 0.143. The van der Waals surface area contributed by atoms with Crippen molar-refractivity contribution in [1.82, 2.24) is 0 Å². The third kappa shape index (κ3) is 3.96. The largest absolute Gasteiger partial charge is 0.377 e. The molecule has 19 heavy (non-hydrogen) atoms. The van der Waals surface area contributed by atoms with Gasteiger partial charge in [-0.2, -0.15) is 0 Å². The Morgan fingerprint density at radius 1 is 1.11 bits per heavy atom. The summed E-state index contributed by atoms with van der Waals surface area (Å²) in [5.74, 6) is 0. The third-order valence-corrected chi connectivity index (χ3v) is 4.86. The molecule has 0 amide bonds. The molecule has 0 fully saturated rings. The molecule has 0 aliphatic heterocycles. The van der Waals surface area contributed by atoms with Crippen LogP contribution in [0.25, 0.3) is 0 Å². The first-order chi connectivity index (χ1) is 9.10. The number of nitrogens with one attached hydrogen (secondary N) is 1. The van der Waals surface area contributed by atoms with Crippen molar-refractivity contribution in [2.24, 2.45) is 5.73 Å². The average molecular weight is 405 g/mol. The molecule has 1 atom stereocenters. The highest BCUT2D eigenvalue weighted by Crippen LogP contribution is 2.28. The fourth-order valence-corrected chi connectivity index (χ4v) is 2.62. The smallest absolute Gasteiger partial charge is 0.0636 e. The van der Waals surface area contributed by atoms with Gasteiger partial charge in [-0.15, -0.1) is 0 Å². The molecule has 0 saturated carbocycles. The third-order valence-electron chi connectivity index (χ3n) is 2.75. The van der Waals surface area contributed by atoms with Crippen molar-refractivity contribution < 1.29 is 0 Å². The molecule has 0 heterocycles. The Labute approximate surface area is 134 Å². The van der Waals surface area contributed by atoms with E-state index in [1.165, 1.54) is 0 Å². The molecular formula is C14H13Br2ClN2. The molecule has 0 aliphatic rings. The second kappa shape index (κ2) is 6.75. The summed E-state index contributed by atoms with van der Waals surface area (Å²) < 4.78 is 2.03. The fourth-order valence-electron chi connectivity index (χ4n) is 1.79. The van der Waals surface area contributed by atoms with Crippen molar-refractivity contribution in [3.05, 3.63) is 62.0 Å². The van der Waals surface area contributed by atoms with Gasteiger partial charge in [-0.3, -0.25) is 0 Å². The van der Waals surface area contributed by atoms with Gasteiger partial charge in [0.25, 0.3) is 0 Å². The number of halogens is 3. The topological polar surface area (TPSA) is 38.0 Å². The lowest BCUT2D eigenvalue weighted by Gasteiger charge is -2.19. The predicted molar refractivity (Wildman–Crippen MR) is 88.7 cm³/mol. The van der Waals surface area contributed by atoms with E-state index >= 15 is 0 Å². The maximum atomic E-state index is 5.98. The Bertz CT molecular complexity index is 575. The zero-order chi connectivity index (χ0) is 13.8. The molecule has 2 aromatic rings. The van der Waals surface area contributed by atoms with Crippen LogP contribution in [-0.2, 0) is 0 Å². The number of hydrogen-bond acceptors (Lipinski definition) is 2. The highest BCUT2D eigenvalue weighted by atomic mass is 79.9. The van der Waals surface area contributed by atoms with Crippen LogP contribution in [0.4, 0.5) is 5.69 Å². The molecule has 0 radical (unpaired) electrons. The quantitative estimate of drug-likeness (QED) is 0.754. The van der Waals surface area contributed by atoms with Gasteiger partial charge in [0, 0.05) is 26.2 Å². The van der Waals surface area contributed by atoms with E-state index in [1.54, 1.807) is 0 Å². The molecule has 5 heteroatoms. The summed E-state index contributed by atoms with van der Waals surface area (Å²) in [6, 6.07) is 13.8. The summed E-state index contributed by atoms with van der Waals surface area (Å²) in [7, 11) is 0. The average Bonchev–Trinajstić information content (AvgIpc) is 2.39. The van der Waals surface area contributed by atoms with E-state index in [-0.39, 0.29) is 6.04 Å². The van der Waals surface area contributed by atoms with E-state index < -0.39 is 0 Å². The second-order valence-electron chi connectivity index (χ2n) is 4.12. The highest BCUT2D eigenvalue weighted by molar-refractivity contribution is 9.13. The summed E-state index contributed by atoms with van der Waals surface area (Å²) in [6.45, 7) is 0.501. The molecule has 0 aliphatic carbocycles. The zero-order valence-corrected chi connectivity index (χ0v) is 14.0. The van der Waals surface area contributed by atoms with Gasteiger partial charge in [0.1, 0.15) is 0 Å². The number of nitrogens with two attached hydrogens (primary N) is 1.